The van der Waals surface area contributed by atoms with E-state index in [0.717, 1.165) is 6.42 Å². The summed E-state index contributed by atoms with van der Waals surface area (Å²) >= 11 is 5.99. The second-order valence-corrected chi connectivity index (χ2v) is 6.48. The maximum atomic E-state index is 12.1. The smallest absolute Gasteiger partial charge is 0.228 e. The van der Waals surface area contributed by atoms with E-state index < -0.39 is 5.41 Å². The molecule has 0 amide bonds. The molecular weight excluding hydrogens is 268 g/mol. The summed E-state index contributed by atoms with van der Waals surface area (Å²) < 4.78 is 0. The Balaban J connectivity index is 2.05. The third kappa shape index (κ3) is 1.36. The lowest BCUT2D eigenvalue weighted by Crippen LogP contribution is -2.43. The van der Waals surface area contributed by atoms with Crippen molar-refractivity contribution in [1.29, 1.82) is 0 Å². The Bertz CT molecular complexity index is 673. The molecule has 2 heteroatoms. The first-order valence-corrected chi connectivity index (χ1v) is 7.38. The molecule has 2 aromatic rings. The first-order valence-electron chi connectivity index (χ1n) is 7.00. The number of hydrogen-bond acceptors (Lipinski definition) is 1. The van der Waals surface area contributed by atoms with Gasteiger partial charge in [-0.15, -0.1) is 0 Å². The highest BCUT2D eigenvalue weighted by Crippen LogP contribution is 2.61. The van der Waals surface area contributed by atoms with Gasteiger partial charge in [0.05, 0.1) is 5.41 Å². The molecular formula is C18H15ClO. The van der Waals surface area contributed by atoms with Crippen LogP contribution in [0.3, 0.4) is 0 Å². The van der Waals surface area contributed by atoms with Crippen LogP contribution in [0.2, 0.25) is 0 Å². The number of carbonyl (C=O) groups is 1. The first kappa shape index (κ1) is 12.2. The molecule has 0 radical (unpaired) electrons. The topological polar surface area (TPSA) is 17.1 Å². The van der Waals surface area contributed by atoms with E-state index in [9.17, 15) is 4.79 Å². The summed E-state index contributed by atoms with van der Waals surface area (Å²) in [6.45, 7) is 2.02. The summed E-state index contributed by atoms with van der Waals surface area (Å²) in [7, 11) is 0. The van der Waals surface area contributed by atoms with Crippen LogP contribution in [-0.2, 0) is 4.79 Å². The highest BCUT2D eigenvalue weighted by molar-refractivity contribution is 6.64. The van der Waals surface area contributed by atoms with Gasteiger partial charge in [-0.05, 0) is 40.3 Å². The average Bonchev–Trinajstić information content (AvgIpc) is 2.47. The van der Waals surface area contributed by atoms with Crippen molar-refractivity contribution in [2.24, 2.45) is 5.41 Å². The van der Waals surface area contributed by atoms with Crippen LogP contribution in [0.15, 0.2) is 48.5 Å². The van der Waals surface area contributed by atoms with Gasteiger partial charge in [0.25, 0.3) is 0 Å². The van der Waals surface area contributed by atoms with Crippen LogP contribution >= 0.6 is 11.6 Å². The Hall–Kier alpha value is -1.60. The predicted molar refractivity (Wildman–Crippen MR) is 80.2 cm³/mol. The third-order valence-electron chi connectivity index (χ3n) is 5.08. The average molecular weight is 283 g/mol. The molecule has 2 bridgehead atoms. The largest absolute Gasteiger partial charge is 0.281 e. The number of benzene rings is 2. The lowest BCUT2D eigenvalue weighted by atomic mass is 9.53. The normalized spacial score (nSPS) is 29.7. The van der Waals surface area contributed by atoms with E-state index in [-0.39, 0.29) is 11.2 Å². The zero-order valence-corrected chi connectivity index (χ0v) is 12.0. The molecule has 0 spiro atoms. The predicted octanol–water partition coefficient (Wildman–Crippen LogP) is 4.44. The number of fused-ring (bicyclic) bond motifs is 1. The lowest BCUT2D eigenvalue weighted by molar-refractivity contribution is -0.121. The molecule has 0 saturated carbocycles. The van der Waals surface area contributed by atoms with Gasteiger partial charge in [-0.3, -0.25) is 4.79 Å². The van der Waals surface area contributed by atoms with Crippen molar-refractivity contribution in [3.8, 4) is 0 Å². The highest BCUT2D eigenvalue weighted by Gasteiger charge is 2.53. The van der Waals surface area contributed by atoms with E-state index in [1.165, 1.54) is 22.3 Å². The molecule has 0 fully saturated rings. The molecule has 1 atom stereocenters. The summed E-state index contributed by atoms with van der Waals surface area (Å²) in [5, 5.41) is -0.212. The SMILES string of the molecule is C[C@]1(C(=O)Cl)CC2c3ccccc3C1c1ccccc12. The van der Waals surface area contributed by atoms with Gasteiger partial charge in [0.2, 0.25) is 5.24 Å². The Labute approximate surface area is 123 Å². The Morgan fingerprint density at radius 2 is 1.45 bits per heavy atom. The van der Waals surface area contributed by atoms with Crippen molar-refractivity contribution < 1.29 is 4.79 Å². The van der Waals surface area contributed by atoms with Gasteiger partial charge >= 0.3 is 0 Å². The van der Waals surface area contributed by atoms with Gasteiger partial charge in [-0.25, -0.2) is 0 Å². The molecule has 2 aromatic carbocycles. The van der Waals surface area contributed by atoms with Crippen molar-refractivity contribution >= 4 is 16.8 Å². The summed E-state index contributed by atoms with van der Waals surface area (Å²) in [6, 6.07) is 17.0. The van der Waals surface area contributed by atoms with Crippen LogP contribution in [0.4, 0.5) is 0 Å². The Morgan fingerprint density at radius 1 is 1.00 bits per heavy atom. The molecule has 0 N–H and O–H groups in total. The zero-order chi connectivity index (χ0) is 13.9. The molecule has 3 aliphatic rings. The minimum Gasteiger partial charge on any atom is -0.281 e. The van der Waals surface area contributed by atoms with E-state index in [2.05, 4.69) is 48.5 Å². The van der Waals surface area contributed by atoms with Gasteiger partial charge in [-0.1, -0.05) is 55.5 Å². The second-order valence-electron chi connectivity index (χ2n) is 6.14. The summed E-state index contributed by atoms with van der Waals surface area (Å²) in [5.74, 6) is 0.380. The summed E-state index contributed by atoms with van der Waals surface area (Å²) in [5.41, 5.74) is 4.80. The number of carbonyl (C=O) groups excluding carboxylic acids is 1. The van der Waals surface area contributed by atoms with E-state index in [1.807, 2.05) is 6.92 Å². The van der Waals surface area contributed by atoms with E-state index in [1.54, 1.807) is 0 Å². The molecule has 100 valence electrons. The number of hydrogen-bond donors (Lipinski definition) is 0. The molecule has 0 saturated heterocycles. The summed E-state index contributed by atoms with van der Waals surface area (Å²) in [4.78, 5) is 12.1. The van der Waals surface area contributed by atoms with Crippen molar-refractivity contribution in [1.82, 2.24) is 0 Å². The third-order valence-corrected chi connectivity index (χ3v) is 5.51. The maximum Gasteiger partial charge on any atom is 0.228 e. The van der Waals surface area contributed by atoms with Crippen molar-refractivity contribution in [3.63, 3.8) is 0 Å². The molecule has 1 nitrogen and oxygen atoms in total. The molecule has 0 unspecified atom stereocenters. The fraction of sp³-hybridized carbons (Fsp3) is 0.278. The molecule has 5 rings (SSSR count). The molecule has 0 aromatic heterocycles. The van der Waals surface area contributed by atoms with E-state index in [4.69, 9.17) is 11.6 Å². The number of rotatable bonds is 1. The number of halogens is 1. The molecule has 20 heavy (non-hydrogen) atoms. The fourth-order valence-corrected chi connectivity index (χ4v) is 4.35. The molecule has 0 aliphatic heterocycles. The maximum absolute atomic E-state index is 12.1. The quantitative estimate of drug-likeness (QED) is 0.707. The zero-order valence-electron chi connectivity index (χ0n) is 11.3. The van der Waals surface area contributed by atoms with E-state index >= 15 is 0 Å². The van der Waals surface area contributed by atoms with Crippen LogP contribution < -0.4 is 0 Å². The van der Waals surface area contributed by atoms with Crippen LogP contribution in [-0.4, -0.2) is 5.24 Å². The Morgan fingerprint density at radius 3 is 1.90 bits per heavy atom. The minimum absolute atomic E-state index is 0.0879. The minimum atomic E-state index is -0.491. The van der Waals surface area contributed by atoms with Gasteiger partial charge in [0, 0.05) is 11.8 Å². The van der Waals surface area contributed by atoms with Gasteiger partial charge in [-0.2, -0.15) is 0 Å². The fourth-order valence-electron chi connectivity index (χ4n) is 4.16. The molecule has 3 aliphatic carbocycles. The van der Waals surface area contributed by atoms with Gasteiger partial charge in [0.15, 0.2) is 0 Å². The van der Waals surface area contributed by atoms with Crippen LogP contribution in [0, 0.1) is 5.41 Å². The van der Waals surface area contributed by atoms with Crippen molar-refractivity contribution in [2.75, 3.05) is 0 Å². The monoisotopic (exact) mass is 282 g/mol. The van der Waals surface area contributed by atoms with E-state index in [0.29, 0.717) is 5.92 Å². The first-order chi connectivity index (χ1) is 9.63. The lowest BCUT2D eigenvalue weighted by Gasteiger charge is -2.50. The summed E-state index contributed by atoms with van der Waals surface area (Å²) in [6.07, 6.45) is 0.814. The van der Waals surface area contributed by atoms with Crippen LogP contribution in [0.1, 0.15) is 47.4 Å². The second kappa shape index (κ2) is 3.95. The van der Waals surface area contributed by atoms with Crippen LogP contribution in [0.5, 0.6) is 0 Å². The van der Waals surface area contributed by atoms with Crippen LogP contribution in [0.25, 0.3) is 0 Å². The van der Waals surface area contributed by atoms with Crippen molar-refractivity contribution in [2.45, 2.75) is 25.2 Å². The van der Waals surface area contributed by atoms with Gasteiger partial charge in [0.1, 0.15) is 0 Å². The Kier molecular flexibility index (Phi) is 2.41. The standard InChI is InChI=1S/C18H15ClO/c1-18(17(19)20)10-15-11-6-2-4-8-13(11)16(18)14-9-5-3-7-12(14)15/h2-9,15-16H,10H2,1H3/t15?,16?,18-/m0/s1. The van der Waals surface area contributed by atoms with Crippen molar-refractivity contribution in [3.05, 3.63) is 70.8 Å². The molecule has 0 heterocycles. The van der Waals surface area contributed by atoms with Gasteiger partial charge < -0.3 is 0 Å². The highest BCUT2D eigenvalue weighted by atomic mass is 35.5.